The van der Waals surface area contributed by atoms with Crippen LogP contribution in [0.3, 0.4) is 0 Å². The highest BCUT2D eigenvalue weighted by Gasteiger charge is 2.45. The van der Waals surface area contributed by atoms with Gasteiger partial charge in [0.2, 0.25) is 5.79 Å². The Morgan fingerprint density at radius 2 is 2.10 bits per heavy atom. The van der Waals surface area contributed by atoms with Crippen LogP contribution in [0.25, 0.3) is 0 Å². The first-order valence-electron chi connectivity index (χ1n) is 9.37. The topological polar surface area (TPSA) is 97.7 Å². The third-order valence-corrected chi connectivity index (χ3v) is 5.24. The number of hydrogen-bond acceptors (Lipinski definition) is 6. The SMILES string of the molecule is O=C([O-])Nc1ccc(OCC2COC(Cn3ccnc3)(c3ccc(Cl)cc3Cl)O2)cc1. The second-order valence-electron chi connectivity index (χ2n) is 6.91. The molecule has 1 aliphatic heterocycles. The van der Waals surface area contributed by atoms with Crippen molar-refractivity contribution < 1.29 is 24.1 Å². The van der Waals surface area contributed by atoms with Crippen LogP contribution in [0.4, 0.5) is 10.5 Å². The number of rotatable bonds is 7. The zero-order valence-corrected chi connectivity index (χ0v) is 17.7. The summed E-state index contributed by atoms with van der Waals surface area (Å²) < 4.78 is 20.1. The number of halogens is 2. The number of aromatic nitrogens is 2. The van der Waals surface area contributed by atoms with Crippen LogP contribution >= 0.6 is 23.2 Å². The molecule has 0 aliphatic carbocycles. The molecule has 4 rings (SSSR count). The van der Waals surface area contributed by atoms with Crippen molar-refractivity contribution in [2.75, 3.05) is 18.5 Å². The van der Waals surface area contributed by atoms with E-state index in [1.54, 1.807) is 55.0 Å². The fraction of sp³-hybridized carbons (Fsp3) is 0.238. The lowest BCUT2D eigenvalue weighted by atomic mass is 10.1. The van der Waals surface area contributed by atoms with Crippen molar-refractivity contribution in [2.24, 2.45) is 0 Å². The Morgan fingerprint density at radius 1 is 1.29 bits per heavy atom. The highest BCUT2D eigenvalue weighted by molar-refractivity contribution is 6.35. The molecule has 0 bridgehead atoms. The number of hydrogen-bond donors (Lipinski definition) is 1. The molecule has 2 heterocycles. The summed E-state index contributed by atoms with van der Waals surface area (Å²) in [5, 5.41) is 13.7. The maximum atomic E-state index is 10.6. The molecular weight excluding hydrogens is 445 g/mol. The Balaban J connectivity index is 1.47. The molecular formula is C21H18Cl2N3O5-. The number of carbonyl (C=O) groups is 1. The van der Waals surface area contributed by atoms with E-state index in [1.807, 2.05) is 10.8 Å². The van der Waals surface area contributed by atoms with Gasteiger partial charge in [-0.05, 0) is 36.4 Å². The summed E-state index contributed by atoms with van der Waals surface area (Å²) in [6, 6.07) is 11.6. The minimum Gasteiger partial charge on any atom is -0.530 e. The quantitative estimate of drug-likeness (QED) is 0.578. The van der Waals surface area contributed by atoms with E-state index in [4.69, 9.17) is 37.4 Å². The second kappa shape index (κ2) is 9.15. The Morgan fingerprint density at radius 3 is 2.77 bits per heavy atom. The van der Waals surface area contributed by atoms with Crippen molar-refractivity contribution >= 4 is 35.0 Å². The first-order chi connectivity index (χ1) is 14.9. The first-order valence-corrected chi connectivity index (χ1v) is 10.1. The fourth-order valence-electron chi connectivity index (χ4n) is 3.32. The molecule has 10 heteroatoms. The van der Waals surface area contributed by atoms with Gasteiger partial charge in [-0.2, -0.15) is 0 Å². The minimum atomic E-state index is -1.37. The molecule has 1 aliphatic rings. The smallest absolute Gasteiger partial charge is 0.215 e. The molecule has 0 saturated carbocycles. The highest BCUT2D eigenvalue weighted by atomic mass is 35.5. The first kappa shape index (κ1) is 21.5. The van der Waals surface area contributed by atoms with Crippen LogP contribution in [0.5, 0.6) is 5.75 Å². The summed E-state index contributed by atoms with van der Waals surface area (Å²) in [5.41, 5.74) is 1.05. The predicted molar refractivity (Wildman–Crippen MR) is 112 cm³/mol. The maximum Gasteiger partial charge on any atom is 0.215 e. The minimum absolute atomic E-state index is 0.226. The lowest BCUT2D eigenvalue weighted by molar-refractivity contribution is -0.242. The largest absolute Gasteiger partial charge is 0.530 e. The Hall–Kier alpha value is -2.78. The number of imidazole rings is 1. The van der Waals surface area contributed by atoms with Gasteiger partial charge in [-0.1, -0.05) is 29.3 Å². The van der Waals surface area contributed by atoms with E-state index in [0.29, 0.717) is 33.6 Å². The third kappa shape index (κ3) is 5.11. The van der Waals surface area contributed by atoms with Crippen LogP contribution in [0.2, 0.25) is 10.0 Å². The van der Waals surface area contributed by atoms with Crippen LogP contribution < -0.4 is 15.2 Å². The van der Waals surface area contributed by atoms with Gasteiger partial charge in [0.15, 0.2) is 0 Å². The number of amides is 1. The molecule has 1 amide bonds. The van der Waals surface area contributed by atoms with Crippen molar-refractivity contribution in [1.82, 2.24) is 9.55 Å². The fourth-order valence-corrected chi connectivity index (χ4v) is 3.87. The van der Waals surface area contributed by atoms with E-state index in [2.05, 4.69) is 10.3 Å². The van der Waals surface area contributed by atoms with Crippen LogP contribution in [0, 0.1) is 0 Å². The van der Waals surface area contributed by atoms with Crippen molar-refractivity contribution in [3.8, 4) is 5.75 Å². The van der Waals surface area contributed by atoms with Crippen LogP contribution in [0.15, 0.2) is 61.2 Å². The molecule has 2 atom stereocenters. The summed E-state index contributed by atoms with van der Waals surface area (Å²) in [5.74, 6) is -0.567. The zero-order valence-electron chi connectivity index (χ0n) is 16.2. The summed E-state index contributed by atoms with van der Waals surface area (Å²) in [6.07, 6.45) is 3.41. The third-order valence-electron chi connectivity index (χ3n) is 4.69. The zero-order chi connectivity index (χ0) is 21.8. The van der Waals surface area contributed by atoms with E-state index in [-0.39, 0.29) is 19.3 Å². The Labute approximate surface area is 188 Å². The normalized spacial score (nSPS) is 20.5. The van der Waals surface area contributed by atoms with Crippen molar-refractivity contribution in [2.45, 2.75) is 18.4 Å². The molecule has 1 aromatic heterocycles. The van der Waals surface area contributed by atoms with E-state index < -0.39 is 11.9 Å². The Bertz CT molecular complexity index is 1050. The van der Waals surface area contributed by atoms with Gasteiger partial charge in [0.05, 0.1) is 24.5 Å². The average molecular weight is 463 g/mol. The average Bonchev–Trinajstić information content (AvgIpc) is 3.38. The van der Waals surface area contributed by atoms with Crippen LogP contribution in [0.1, 0.15) is 5.56 Å². The van der Waals surface area contributed by atoms with Crippen LogP contribution in [-0.4, -0.2) is 35.0 Å². The van der Waals surface area contributed by atoms with E-state index >= 15 is 0 Å². The predicted octanol–water partition coefficient (Wildman–Crippen LogP) is 3.29. The summed E-state index contributed by atoms with van der Waals surface area (Å²) in [7, 11) is 0. The van der Waals surface area contributed by atoms with Gasteiger partial charge in [-0.3, -0.25) is 0 Å². The lowest BCUT2D eigenvalue weighted by Crippen LogP contribution is -2.34. The van der Waals surface area contributed by atoms with E-state index in [0.717, 1.165) is 0 Å². The number of carboxylic acid groups (broad SMARTS) is 1. The number of nitrogens with zero attached hydrogens (tertiary/aromatic N) is 2. The molecule has 3 aromatic rings. The monoisotopic (exact) mass is 462 g/mol. The maximum absolute atomic E-state index is 10.6. The van der Waals surface area contributed by atoms with Gasteiger partial charge in [0.25, 0.3) is 0 Å². The van der Waals surface area contributed by atoms with Crippen molar-refractivity contribution in [3.63, 3.8) is 0 Å². The summed E-state index contributed by atoms with van der Waals surface area (Å²) in [4.78, 5) is 14.7. The van der Waals surface area contributed by atoms with Gasteiger partial charge in [-0.25, -0.2) is 4.98 Å². The molecule has 0 radical (unpaired) electrons. The molecule has 0 spiro atoms. The standard InChI is InChI=1S/C21H19Cl2N3O5/c22-14-1-6-18(19(23)9-14)21(12-26-8-7-24-13-26)30-11-17(31-21)10-29-16-4-2-15(3-5-16)25-20(27)28/h1-9,13,17,25H,10-12H2,(H,27,28)/p-1. The molecule has 2 unspecified atom stereocenters. The van der Waals surface area contributed by atoms with Gasteiger partial charge in [0, 0.05) is 28.7 Å². The summed E-state index contributed by atoms with van der Waals surface area (Å²) in [6.45, 7) is 0.858. The van der Waals surface area contributed by atoms with Gasteiger partial charge in [0.1, 0.15) is 24.6 Å². The number of ether oxygens (including phenoxy) is 3. The van der Waals surface area contributed by atoms with Gasteiger partial charge >= 0.3 is 0 Å². The number of benzene rings is 2. The molecule has 31 heavy (non-hydrogen) atoms. The van der Waals surface area contributed by atoms with Gasteiger partial charge in [-0.15, -0.1) is 0 Å². The number of nitrogens with one attached hydrogen (secondary N) is 1. The van der Waals surface area contributed by atoms with Crippen molar-refractivity contribution in [3.05, 3.63) is 76.8 Å². The second-order valence-corrected chi connectivity index (χ2v) is 7.75. The number of carbonyl (C=O) groups excluding carboxylic acids is 1. The molecule has 1 N–H and O–H groups in total. The molecule has 1 saturated heterocycles. The summed E-state index contributed by atoms with van der Waals surface area (Å²) >= 11 is 12.5. The molecule has 8 nitrogen and oxygen atoms in total. The molecule has 162 valence electrons. The molecule has 1 fully saturated rings. The van der Waals surface area contributed by atoms with Gasteiger partial charge < -0.3 is 34.0 Å². The Kier molecular flexibility index (Phi) is 6.33. The van der Waals surface area contributed by atoms with Crippen molar-refractivity contribution in [1.29, 1.82) is 0 Å². The molecule has 2 aromatic carbocycles. The van der Waals surface area contributed by atoms with E-state index in [1.165, 1.54) is 0 Å². The highest BCUT2D eigenvalue weighted by Crippen LogP contribution is 2.40. The number of anilines is 1. The lowest BCUT2D eigenvalue weighted by Gasteiger charge is -2.30. The van der Waals surface area contributed by atoms with Crippen LogP contribution in [-0.2, 0) is 21.8 Å². The van der Waals surface area contributed by atoms with E-state index in [9.17, 15) is 9.90 Å².